The molecule has 0 unspecified atom stereocenters. The van der Waals surface area contributed by atoms with Gasteiger partial charge in [-0.05, 0) is 25.3 Å². The maximum absolute atomic E-state index is 5.97. The van der Waals surface area contributed by atoms with E-state index in [2.05, 4.69) is 35.4 Å². The first-order valence-electron chi connectivity index (χ1n) is 6.64. The van der Waals surface area contributed by atoms with E-state index in [1.54, 1.807) is 11.3 Å². The highest BCUT2D eigenvalue weighted by Gasteiger charge is 2.20. The molecule has 1 saturated carbocycles. The molecule has 1 N–H and O–H groups in total. The second kappa shape index (κ2) is 5.72. The van der Waals surface area contributed by atoms with Gasteiger partial charge in [-0.3, -0.25) is 0 Å². The van der Waals surface area contributed by atoms with Crippen LogP contribution in [0.1, 0.15) is 29.7 Å². The zero-order chi connectivity index (χ0) is 13.1. The minimum Gasteiger partial charge on any atom is -0.487 e. The number of ether oxygens (including phenoxy) is 1. The average Bonchev–Trinajstić information content (AvgIpc) is 3.10. The van der Waals surface area contributed by atoms with Gasteiger partial charge in [0, 0.05) is 23.5 Å². The molecule has 0 radical (unpaired) electrons. The van der Waals surface area contributed by atoms with Crippen molar-refractivity contribution in [1.29, 1.82) is 0 Å². The van der Waals surface area contributed by atoms with Crippen LogP contribution in [0.15, 0.2) is 29.1 Å². The fraction of sp³-hybridized carbons (Fsp3) is 0.400. The average molecular weight is 274 g/mol. The van der Waals surface area contributed by atoms with Crippen molar-refractivity contribution in [2.24, 2.45) is 0 Å². The summed E-state index contributed by atoms with van der Waals surface area (Å²) >= 11 is 1.60. The predicted octanol–water partition coefficient (Wildman–Crippen LogP) is 3.28. The Morgan fingerprint density at radius 3 is 3.05 bits per heavy atom. The van der Waals surface area contributed by atoms with Crippen molar-refractivity contribution in [3.63, 3.8) is 0 Å². The number of nitrogens with zero attached hydrogens (tertiary/aromatic N) is 1. The first-order valence-corrected chi connectivity index (χ1v) is 7.59. The van der Waals surface area contributed by atoms with Crippen LogP contribution in [-0.4, -0.2) is 11.0 Å². The maximum atomic E-state index is 5.97. The molecule has 3 nitrogen and oxygen atoms in total. The Labute approximate surface area is 117 Å². The smallest absolute Gasteiger partial charge is 0.131 e. The van der Waals surface area contributed by atoms with Crippen LogP contribution in [0.3, 0.4) is 0 Å². The number of para-hydroxylation sites is 1. The highest BCUT2D eigenvalue weighted by molar-refractivity contribution is 7.07. The van der Waals surface area contributed by atoms with Crippen LogP contribution in [-0.2, 0) is 13.2 Å². The molecule has 1 aromatic carbocycles. The van der Waals surface area contributed by atoms with Gasteiger partial charge in [-0.25, -0.2) is 4.98 Å². The first-order chi connectivity index (χ1) is 9.33. The van der Waals surface area contributed by atoms with Crippen molar-refractivity contribution < 1.29 is 4.74 Å². The summed E-state index contributed by atoms with van der Waals surface area (Å²) in [4.78, 5) is 4.25. The van der Waals surface area contributed by atoms with Gasteiger partial charge in [-0.2, -0.15) is 0 Å². The standard InChI is InChI=1S/C15H18N2OS/c1-11-3-2-4-12(7-16-13-5-6-13)15(11)18-8-14-9-19-10-17-14/h2-4,9-10,13,16H,5-8H2,1H3. The highest BCUT2D eigenvalue weighted by Crippen LogP contribution is 2.26. The molecule has 1 aliphatic rings. The second-order valence-electron chi connectivity index (χ2n) is 4.99. The maximum Gasteiger partial charge on any atom is 0.131 e. The minimum absolute atomic E-state index is 0.546. The molecule has 1 aromatic heterocycles. The Hall–Kier alpha value is -1.39. The van der Waals surface area contributed by atoms with E-state index in [4.69, 9.17) is 4.74 Å². The number of thiazole rings is 1. The van der Waals surface area contributed by atoms with Gasteiger partial charge >= 0.3 is 0 Å². The van der Waals surface area contributed by atoms with Gasteiger partial charge < -0.3 is 10.1 Å². The molecule has 0 atom stereocenters. The minimum atomic E-state index is 0.546. The van der Waals surface area contributed by atoms with Gasteiger partial charge in [0.25, 0.3) is 0 Å². The Morgan fingerprint density at radius 1 is 1.42 bits per heavy atom. The summed E-state index contributed by atoms with van der Waals surface area (Å²) in [6.07, 6.45) is 2.61. The third-order valence-corrected chi connectivity index (χ3v) is 3.94. The van der Waals surface area contributed by atoms with E-state index in [0.717, 1.165) is 18.0 Å². The Balaban J connectivity index is 1.69. The highest BCUT2D eigenvalue weighted by atomic mass is 32.1. The van der Waals surface area contributed by atoms with Gasteiger partial charge in [0.1, 0.15) is 12.4 Å². The van der Waals surface area contributed by atoms with Gasteiger partial charge in [0.2, 0.25) is 0 Å². The number of aromatic nitrogens is 1. The van der Waals surface area contributed by atoms with Crippen molar-refractivity contribution in [3.8, 4) is 5.75 Å². The van der Waals surface area contributed by atoms with E-state index < -0.39 is 0 Å². The van der Waals surface area contributed by atoms with E-state index in [9.17, 15) is 0 Å². The zero-order valence-electron chi connectivity index (χ0n) is 11.1. The van der Waals surface area contributed by atoms with Gasteiger partial charge in [0.15, 0.2) is 0 Å². The molecular weight excluding hydrogens is 256 g/mol. The number of aryl methyl sites for hydroxylation is 1. The summed E-state index contributed by atoms with van der Waals surface area (Å²) in [5.74, 6) is 1.00. The molecule has 0 saturated heterocycles. The molecule has 0 amide bonds. The molecule has 1 fully saturated rings. The Bertz CT molecular complexity index is 535. The molecule has 1 heterocycles. The van der Waals surface area contributed by atoms with Crippen LogP contribution in [0, 0.1) is 6.92 Å². The van der Waals surface area contributed by atoms with Crippen LogP contribution in [0.2, 0.25) is 0 Å². The molecule has 0 aliphatic heterocycles. The lowest BCUT2D eigenvalue weighted by Gasteiger charge is -2.14. The molecule has 100 valence electrons. The van der Waals surface area contributed by atoms with E-state index in [1.165, 1.54) is 24.0 Å². The quantitative estimate of drug-likeness (QED) is 0.877. The molecule has 0 spiro atoms. The Morgan fingerprint density at radius 2 is 2.32 bits per heavy atom. The largest absolute Gasteiger partial charge is 0.487 e. The van der Waals surface area contributed by atoms with Crippen molar-refractivity contribution >= 4 is 11.3 Å². The number of nitrogens with one attached hydrogen (secondary N) is 1. The van der Waals surface area contributed by atoms with Crippen molar-refractivity contribution in [3.05, 3.63) is 45.9 Å². The molecule has 3 rings (SSSR count). The summed E-state index contributed by atoms with van der Waals surface area (Å²) in [6.45, 7) is 3.53. The molecular formula is C15H18N2OS. The zero-order valence-corrected chi connectivity index (χ0v) is 11.9. The van der Waals surface area contributed by atoms with Crippen LogP contribution in [0.25, 0.3) is 0 Å². The van der Waals surface area contributed by atoms with Gasteiger partial charge in [-0.15, -0.1) is 11.3 Å². The van der Waals surface area contributed by atoms with Crippen molar-refractivity contribution in [2.75, 3.05) is 0 Å². The van der Waals surface area contributed by atoms with Crippen molar-refractivity contribution in [2.45, 2.75) is 39.0 Å². The SMILES string of the molecule is Cc1cccc(CNC2CC2)c1OCc1cscn1. The number of hydrogen-bond donors (Lipinski definition) is 1. The summed E-state index contributed by atoms with van der Waals surface area (Å²) in [6, 6.07) is 7.04. The van der Waals surface area contributed by atoms with Crippen molar-refractivity contribution in [1.82, 2.24) is 10.3 Å². The number of benzene rings is 1. The molecule has 1 aliphatic carbocycles. The lowest BCUT2D eigenvalue weighted by Crippen LogP contribution is -2.16. The number of hydrogen-bond acceptors (Lipinski definition) is 4. The summed E-state index contributed by atoms with van der Waals surface area (Å²) < 4.78 is 5.97. The van der Waals surface area contributed by atoms with Crippen LogP contribution in [0.5, 0.6) is 5.75 Å². The van der Waals surface area contributed by atoms with E-state index >= 15 is 0 Å². The van der Waals surface area contributed by atoms with Crippen LogP contribution in [0.4, 0.5) is 0 Å². The summed E-state index contributed by atoms with van der Waals surface area (Å²) in [5.41, 5.74) is 5.26. The van der Waals surface area contributed by atoms with Crippen LogP contribution >= 0.6 is 11.3 Å². The predicted molar refractivity (Wildman–Crippen MR) is 77.5 cm³/mol. The molecule has 0 bridgehead atoms. The van der Waals surface area contributed by atoms with Gasteiger partial charge in [-0.1, -0.05) is 18.2 Å². The fourth-order valence-electron chi connectivity index (χ4n) is 2.06. The third-order valence-electron chi connectivity index (χ3n) is 3.30. The second-order valence-corrected chi connectivity index (χ2v) is 5.71. The normalized spacial score (nSPS) is 14.6. The third kappa shape index (κ3) is 3.33. The first kappa shape index (κ1) is 12.6. The number of rotatable bonds is 6. The van der Waals surface area contributed by atoms with E-state index in [0.29, 0.717) is 12.6 Å². The topological polar surface area (TPSA) is 34.1 Å². The Kier molecular flexibility index (Phi) is 3.80. The monoisotopic (exact) mass is 274 g/mol. The fourth-order valence-corrected chi connectivity index (χ4v) is 2.60. The van der Waals surface area contributed by atoms with E-state index in [1.807, 2.05) is 10.9 Å². The lowest BCUT2D eigenvalue weighted by atomic mass is 10.1. The van der Waals surface area contributed by atoms with Gasteiger partial charge in [0.05, 0.1) is 11.2 Å². The summed E-state index contributed by atoms with van der Waals surface area (Å²) in [5, 5.41) is 5.57. The summed E-state index contributed by atoms with van der Waals surface area (Å²) in [7, 11) is 0. The van der Waals surface area contributed by atoms with E-state index in [-0.39, 0.29) is 0 Å². The lowest BCUT2D eigenvalue weighted by molar-refractivity contribution is 0.296. The molecule has 19 heavy (non-hydrogen) atoms. The molecule has 4 heteroatoms. The van der Waals surface area contributed by atoms with Crippen LogP contribution < -0.4 is 10.1 Å². The molecule has 2 aromatic rings.